The smallest absolute Gasteiger partial charge is 0.338 e. The van der Waals surface area contributed by atoms with E-state index >= 15 is 0 Å². The summed E-state index contributed by atoms with van der Waals surface area (Å²) in [7, 11) is -4.48. The standard InChI is InChI=1S/C11H15O5P/c1-11(2,17(13,14)15)10(12)8-16-9-6-4-3-5-7-9/h3-7H,8H2,1-2H3,(H2,13,14,15). The topological polar surface area (TPSA) is 83.8 Å². The van der Waals surface area contributed by atoms with E-state index < -0.39 is 18.5 Å². The summed E-state index contributed by atoms with van der Waals surface area (Å²) in [6, 6.07) is 8.62. The van der Waals surface area contributed by atoms with Crippen LogP contribution >= 0.6 is 7.60 Å². The van der Waals surface area contributed by atoms with E-state index in [-0.39, 0.29) is 6.61 Å². The van der Waals surface area contributed by atoms with Gasteiger partial charge in [-0.15, -0.1) is 0 Å². The van der Waals surface area contributed by atoms with E-state index in [9.17, 15) is 9.36 Å². The van der Waals surface area contributed by atoms with Crippen LogP contribution < -0.4 is 4.74 Å². The number of carbonyl (C=O) groups excluding carboxylic acids is 1. The van der Waals surface area contributed by atoms with Crippen LogP contribution in [0.3, 0.4) is 0 Å². The number of hydrogen-bond donors (Lipinski definition) is 2. The second-order valence-electron chi connectivity index (χ2n) is 4.13. The van der Waals surface area contributed by atoms with Crippen molar-refractivity contribution in [2.24, 2.45) is 0 Å². The molecule has 0 saturated heterocycles. The summed E-state index contributed by atoms with van der Waals surface area (Å²) < 4.78 is 16.3. The predicted molar refractivity (Wildman–Crippen MR) is 63.1 cm³/mol. The molecule has 0 atom stereocenters. The molecule has 2 N–H and O–H groups in total. The van der Waals surface area contributed by atoms with Crippen LogP contribution in [0.15, 0.2) is 30.3 Å². The fourth-order valence-corrected chi connectivity index (χ4v) is 1.39. The molecule has 0 heterocycles. The van der Waals surface area contributed by atoms with Gasteiger partial charge in [0.05, 0.1) is 0 Å². The van der Waals surface area contributed by atoms with Gasteiger partial charge in [0.1, 0.15) is 17.5 Å². The number of hydrogen-bond acceptors (Lipinski definition) is 3. The summed E-state index contributed by atoms with van der Waals surface area (Å²) in [5.74, 6) is -0.142. The molecule has 0 aromatic heterocycles. The Balaban J connectivity index is 2.66. The molecule has 0 bridgehead atoms. The van der Waals surface area contributed by atoms with Gasteiger partial charge < -0.3 is 14.5 Å². The highest BCUT2D eigenvalue weighted by Crippen LogP contribution is 2.50. The Labute approximate surface area is 99.6 Å². The molecule has 1 aromatic carbocycles. The van der Waals surface area contributed by atoms with Gasteiger partial charge in [0.2, 0.25) is 0 Å². The molecular weight excluding hydrogens is 243 g/mol. The highest BCUT2D eigenvalue weighted by atomic mass is 31.2. The lowest BCUT2D eigenvalue weighted by Gasteiger charge is -2.23. The number of para-hydroxylation sites is 1. The molecule has 0 aliphatic heterocycles. The van der Waals surface area contributed by atoms with Crippen molar-refractivity contribution in [1.82, 2.24) is 0 Å². The van der Waals surface area contributed by atoms with Crippen LogP contribution in [0, 0.1) is 0 Å². The Kier molecular flexibility index (Phi) is 4.09. The van der Waals surface area contributed by atoms with Crippen molar-refractivity contribution in [3.63, 3.8) is 0 Å². The monoisotopic (exact) mass is 258 g/mol. The zero-order valence-corrected chi connectivity index (χ0v) is 10.6. The SMILES string of the molecule is CC(C)(C(=O)COc1ccccc1)P(=O)(O)O. The molecule has 0 amide bonds. The summed E-state index contributed by atoms with van der Waals surface area (Å²) in [6.45, 7) is 2.07. The molecule has 0 aliphatic carbocycles. The van der Waals surface area contributed by atoms with E-state index in [1.807, 2.05) is 0 Å². The summed E-state index contributed by atoms with van der Waals surface area (Å²) in [6.07, 6.45) is 0. The van der Waals surface area contributed by atoms with Crippen LogP contribution in [0.4, 0.5) is 0 Å². The number of benzene rings is 1. The van der Waals surface area contributed by atoms with Crippen LogP contribution in [0.5, 0.6) is 5.75 Å². The average molecular weight is 258 g/mol. The van der Waals surface area contributed by atoms with Gasteiger partial charge in [0.25, 0.3) is 0 Å². The van der Waals surface area contributed by atoms with Crippen molar-refractivity contribution in [2.45, 2.75) is 19.0 Å². The van der Waals surface area contributed by atoms with Gasteiger partial charge >= 0.3 is 7.60 Å². The fourth-order valence-electron chi connectivity index (χ4n) is 1.00. The van der Waals surface area contributed by atoms with Crippen molar-refractivity contribution in [1.29, 1.82) is 0 Å². The molecular formula is C11H15O5P. The van der Waals surface area contributed by atoms with Crippen LogP contribution in [0.25, 0.3) is 0 Å². The highest BCUT2D eigenvalue weighted by Gasteiger charge is 2.44. The number of ether oxygens (including phenoxy) is 1. The first kappa shape index (κ1) is 13.9. The zero-order valence-electron chi connectivity index (χ0n) is 9.66. The number of carbonyl (C=O) groups is 1. The molecule has 1 aromatic rings. The van der Waals surface area contributed by atoms with E-state index in [4.69, 9.17) is 14.5 Å². The third-order valence-corrected chi connectivity index (χ3v) is 4.23. The minimum atomic E-state index is -4.48. The summed E-state index contributed by atoms with van der Waals surface area (Å²) in [5, 5.41) is -1.72. The van der Waals surface area contributed by atoms with Gasteiger partial charge in [-0.2, -0.15) is 0 Å². The number of ketones is 1. The Morgan fingerprint density at radius 1 is 1.29 bits per heavy atom. The largest absolute Gasteiger partial charge is 0.486 e. The van der Waals surface area contributed by atoms with Crippen LogP contribution in [-0.4, -0.2) is 27.3 Å². The van der Waals surface area contributed by atoms with Crippen molar-refractivity contribution in [3.05, 3.63) is 30.3 Å². The number of rotatable bonds is 5. The van der Waals surface area contributed by atoms with E-state index in [1.165, 1.54) is 13.8 Å². The first-order chi connectivity index (χ1) is 7.75. The maximum absolute atomic E-state index is 11.7. The van der Waals surface area contributed by atoms with Crippen molar-refractivity contribution >= 4 is 13.4 Å². The van der Waals surface area contributed by atoms with Crippen molar-refractivity contribution < 1.29 is 23.9 Å². The zero-order chi connectivity index (χ0) is 13.1. The predicted octanol–water partition coefficient (Wildman–Crippen LogP) is 1.59. The molecule has 0 spiro atoms. The Bertz CT molecular complexity index is 434. The number of Topliss-reactive ketones (excluding diaryl/α,β-unsaturated/α-hetero) is 1. The summed E-state index contributed by atoms with van der Waals surface area (Å²) in [4.78, 5) is 29.8. The maximum atomic E-state index is 11.7. The van der Waals surface area contributed by atoms with E-state index in [0.717, 1.165) is 0 Å². The molecule has 0 fully saturated rings. The second-order valence-corrected chi connectivity index (χ2v) is 6.33. The van der Waals surface area contributed by atoms with Gasteiger partial charge in [-0.3, -0.25) is 9.36 Å². The minimum Gasteiger partial charge on any atom is -0.486 e. The Morgan fingerprint density at radius 3 is 2.29 bits per heavy atom. The molecule has 1 rings (SSSR count). The van der Waals surface area contributed by atoms with E-state index in [1.54, 1.807) is 30.3 Å². The van der Waals surface area contributed by atoms with Crippen LogP contribution in [0.1, 0.15) is 13.8 Å². The van der Waals surface area contributed by atoms with Gasteiger partial charge in [-0.1, -0.05) is 18.2 Å². The Hall–Kier alpha value is -1.16. The molecule has 0 unspecified atom stereocenters. The molecule has 5 nitrogen and oxygen atoms in total. The summed E-state index contributed by atoms with van der Waals surface area (Å²) in [5.41, 5.74) is 0. The van der Waals surface area contributed by atoms with Gasteiger partial charge in [-0.25, -0.2) is 0 Å². The normalized spacial score (nSPS) is 12.2. The van der Waals surface area contributed by atoms with Crippen LogP contribution in [0.2, 0.25) is 0 Å². The second kappa shape index (κ2) is 5.00. The van der Waals surface area contributed by atoms with Crippen molar-refractivity contribution in [3.8, 4) is 5.75 Å². The molecule has 94 valence electrons. The highest BCUT2D eigenvalue weighted by molar-refractivity contribution is 7.54. The minimum absolute atomic E-state index is 0.359. The van der Waals surface area contributed by atoms with E-state index in [0.29, 0.717) is 5.75 Å². The lowest BCUT2D eigenvalue weighted by molar-refractivity contribution is -0.123. The van der Waals surface area contributed by atoms with Crippen molar-refractivity contribution in [2.75, 3.05) is 6.61 Å². The lowest BCUT2D eigenvalue weighted by atomic mass is 10.1. The molecule has 0 radical (unpaired) electrons. The third kappa shape index (κ3) is 3.40. The van der Waals surface area contributed by atoms with Gasteiger partial charge in [0.15, 0.2) is 5.78 Å². The molecule has 0 saturated carbocycles. The molecule has 6 heteroatoms. The lowest BCUT2D eigenvalue weighted by Crippen LogP contribution is -2.35. The maximum Gasteiger partial charge on any atom is 0.338 e. The first-order valence-electron chi connectivity index (χ1n) is 5.02. The first-order valence-corrected chi connectivity index (χ1v) is 6.63. The third-order valence-electron chi connectivity index (χ3n) is 2.52. The van der Waals surface area contributed by atoms with E-state index in [2.05, 4.69) is 0 Å². The quantitative estimate of drug-likeness (QED) is 0.783. The van der Waals surface area contributed by atoms with Crippen LogP contribution in [-0.2, 0) is 9.36 Å². The summed E-state index contributed by atoms with van der Waals surface area (Å²) >= 11 is 0. The fraction of sp³-hybridized carbons (Fsp3) is 0.364. The van der Waals surface area contributed by atoms with Gasteiger partial charge in [0, 0.05) is 0 Å². The molecule has 0 aliphatic rings. The Morgan fingerprint density at radius 2 is 1.82 bits per heavy atom. The molecule has 17 heavy (non-hydrogen) atoms. The van der Waals surface area contributed by atoms with Gasteiger partial charge in [-0.05, 0) is 26.0 Å². The average Bonchev–Trinajstić information content (AvgIpc) is 2.25.